The maximum absolute atomic E-state index is 10.6. The predicted molar refractivity (Wildman–Crippen MR) is 76.6 cm³/mol. The van der Waals surface area contributed by atoms with Gasteiger partial charge >= 0.3 is 0 Å². The van der Waals surface area contributed by atoms with Crippen molar-refractivity contribution in [1.29, 1.82) is 0 Å². The van der Waals surface area contributed by atoms with Crippen LogP contribution in [0.25, 0.3) is 0 Å². The molecule has 108 valence electrons. The van der Waals surface area contributed by atoms with Gasteiger partial charge in [-0.1, -0.05) is 27.4 Å². The number of hydrogen-bond acceptors (Lipinski definition) is 2. The molecule has 0 heterocycles. The Bertz CT molecular complexity index is 369. The molecule has 0 aromatic rings. The second kappa shape index (κ2) is 4.25. The first kappa shape index (κ1) is 13.5. The summed E-state index contributed by atoms with van der Waals surface area (Å²) < 4.78 is 6.32. The molecule has 1 N–H and O–H groups in total. The summed E-state index contributed by atoms with van der Waals surface area (Å²) in [5.74, 6) is 2.80. The van der Waals surface area contributed by atoms with E-state index in [0.717, 1.165) is 37.4 Å². The number of aliphatic hydroxyl groups is 1. The van der Waals surface area contributed by atoms with Crippen LogP contribution in [0.3, 0.4) is 0 Å². The van der Waals surface area contributed by atoms with Gasteiger partial charge in [-0.15, -0.1) is 0 Å². The molecular formula is C17H28O2. The fraction of sp³-hybridized carbons (Fsp3) is 0.882. The van der Waals surface area contributed by atoms with Gasteiger partial charge < -0.3 is 9.84 Å². The highest BCUT2D eigenvalue weighted by atomic mass is 16.5. The molecule has 4 aliphatic carbocycles. The number of hydrogen-bond donors (Lipinski definition) is 1. The molecule has 2 heteroatoms. The lowest BCUT2D eigenvalue weighted by Crippen LogP contribution is -2.57. The largest absolute Gasteiger partial charge is 0.494 e. The van der Waals surface area contributed by atoms with Crippen molar-refractivity contribution in [3.63, 3.8) is 0 Å². The number of rotatable bonds is 4. The molecule has 19 heavy (non-hydrogen) atoms. The summed E-state index contributed by atoms with van der Waals surface area (Å²) in [7, 11) is 0. The zero-order valence-corrected chi connectivity index (χ0v) is 12.6. The van der Waals surface area contributed by atoms with Crippen LogP contribution in [0.5, 0.6) is 0 Å². The fourth-order valence-electron chi connectivity index (χ4n) is 4.65. The molecule has 4 aliphatic rings. The van der Waals surface area contributed by atoms with Crippen LogP contribution >= 0.6 is 0 Å². The number of ether oxygens (including phenoxy) is 1. The molecule has 0 aromatic carbocycles. The Morgan fingerprint density at radius 3 is 2.32 bits per heavy atom. The molecule has 2 atom stereocenters. The average Bonchev–Trinajstić information content (AvgIpc) is 2.31. The van der Waals surface area contributed by atoms with Crippen LogP contribution in [0.4, 0.5) is 0 Å². The summed E-state index contributed by atoms with van der Waals surface area (Å²) in [6, 6.07) is 0. The van der Waals surface area contributed by atoms with Gasteiger partial charge in [-0.3, -0.25) is 0 Å². The molecule has 0 radical (unpaired) electrons. The Morgan fingerprint density at radius 2 is 1.84 bits per heavy atom. The Morgan fingerprint density at radius 1 is 1.26 bits per heavy atom. The Hall–Kier alpha value is -0.500. The molecule has 2 nitrogen and oxygen atoms in total. The summed E-state index contributed by atoms with van der Waals surface area (Å²) in [6.45, 7) is 10.8. The highest BCUT2D eigenvalue weighted by Crippen LogP contribution is 2.57. The molecule has 2 unspecified atom stereocenters. The summed E-state index contributed by atoms with van der Waals surface area (Å²) in [5, 5.41) is 10.6. The van der Waals surface area contributed by atoms with Gasteiger partial charge in [-0.2, -0.15) is 0 Å². The van der Waals surface area contributed by atoms with Crippen LogP contribution in [0.2, 0.25) is 0 Å². The zero-order valence-electron chi connectivity index (χ0n) is 12.6. The number of allylic oxidation sites excluding steroid dienone is 1. The predicted octanol–water partition coefficient (Wildman–Crippen LogP) is 3.89. The average molecular weight is 264 g/mol. The molecule has 4 fully saturated rings. The van der Waals surface area contributed by atoms with E-state index in [1.807, 2.05) is 0 Å². The first-order valence-corrected chi connectivity index (χ1v) is 7.91. The van der Waals surface area contributed by atoms with Gasteiger partial charge in [0.2, 0.25) is 0 Å². The first-order valence-electron chi connectivity index (χ1n) is 7.91. The van der Waals surface area contributed by atoms with E-state index < -0.39 is 0 Å². The van der Waals surface area contributed by atoms with Crippen molar-refractivity contribution in [1.82, 2.24) is 0 Å². The van der Waals surface area contributed by atoms with Crippen molar-refractivity contribution in [3.8, 4) is 0 Å². The van der Waals surface area contributed by atoms with Crippen LogP contribution in [0, 0.1) is 23.2 Å². The van der Waals surface area contributed by atoms with Gasteiger partial charge in [0.15, 0.2) is 0 Å². The molecule has 0 amide bonds. The van der Waals surface area contributed by atoms with Crippen LogP contribution in [0.1, 0.15) is 59.3 Å². The van der Waals surface area contributed by atoms with Crippen molar-refractivity contribution in [2.45, 2.75) is 71.0 Å². The maximum Gasteiger partial charge on any atom is 0.104 e. The minimum Gasteiger partial charge on any atom is -0.494 e. The van der Waals surface area contributed by atoms with Crippen LogP contribution < -0.4 is 0 Å². The molecule has 4 rings (SSSR count). The minimum atomic E-state index is -0.363. The quantitative estimate of drug-likeness (QED) is 0.781. The standard InChI is InChI=1S/C17H28O2/c1-5-16(3,4)11(2)19-15-13-6-12-7-14(15)10-17(18,8-12)9-13/h12-15,18H,2,5-10H2,1,3-4H3. The molecule has 4 bridgehead atoms. The lowest BCUT2D eigenvalue weighted by Gasteiger charge is -2.57. The van der Waals surface area contributed by atoms with Gasteiger partial charge in [0.25, 0.3) is 0 Å². The summed E-state index contributed by atoms with van der Waals surface area (Å²) in [5.41, 5.74) is -0.302. The normalized spacial score (nSPS) is 44.4. The third-order valence-electron chi connectivity index (χ3n) is 6.07. The Balaban J connectivity index is 1.72. The molecule has 0 aliphatic heterocycles. The van der Waals surface area contributed by atoms with Crippen LogP contribution in [-0.2, 0) is 4.74 Å². The van der Waals surface area contributed by atoms with E-state index in [9.17, 15) is 5.11 Å². The van der Waals surface area contributed by atoms with Gasteiger partial charge in [0.05, 0.1) is 11.4 Å². The lowest BCUT2D eigenvalue weighted by molar-refractivity contribution is -0.184. The third kappa shape index (κ3) is 2.22. The van der Waals surface area contributed by atoms with Crippen LogP contribution in [-0.4, -0.2) is 16.8 Å². The Kier molecular flexibility index (Phi) is 3.01. The molecule has 4 saturated carbocycles. The lowest BCUT2D eigenvalue weighted by atomic mass is 9.53. The topological polar surface area (TPSA) is 29.5 Å². The molecule has 0 saturated heterocycles. The van der Waals surface area contributed by atoms with Crippen molar-refractivity contribution < 1.29 is 9.84 Å². The van der Waals surface area contributed by atoms with E-state index in [4.69, 9.17) is 4.74 Å². The fourth-order valence-corrected chi connectivity index (χ4v) is 4.65. The summed E-state index contributed by atoms with van der Waals surface area (Å²) >= 11 is 0. The van der Waals surface area contributed by atoms with E-state index in [1.165, 1.54) is 12.8 Å². The monoisotopic (exact) mass is 264 g/mol. The smallest absolute Gasteiger partial charge is 0.104 e. The van der Waals surface area contributed by atoms with Crippen molar-refractivity contribution in [3.05, 3.63) is 12.3 Å². The zero-order chi connectivity index (χ0) is 13.8. The molecule has 0 aromatic heterocycles. The third-order valence-corrected chi connectivity index (χ3v) is 6.07. The van der Waals surface area contributed by atoms with Gasteiger partial charge in [0.1, 0.15) is 6.10 Å². The van der Waals surface area contributed by atoms with Gasteiger partial charge in [-0.25, -0.2) is 0 Å². The second-order valence-corrected chi connectivity index (χ2v) is 7.94. The first-order chi connectivity index (χ1) is 8.83. The van der Waals surface area contributed by atoms with Crippen molar-refractivity contribution in [2.75, 3.05) is 0 Å². The van der Waals surface area contributed by atoms with E-state index in [-0.39, 0.29) is 11.0 Å². The van der Waals surface area contributed by atoms with E-state index in [0.29, 0.717) is 17.9 Å². The molecular weight excluding hydrogens is 236 g/mol. The Labute approximate surface area is 117 Å². The van der Waals surface area contributed by atoms with Gasteiger partial charge in [-0.05, 0) is 56.3 Å². The van der Waals surface area contributed by atoms with Crippen LogP contribution in [0.15, 0.2) is 12.3 Å². The van der Waals surface area contributed by atoms with Crippen molar-refractivity contribution >= 4 is 0 Å². The SMILES string of the molecule is C=C(OC1C2CC3CC1CC(O)(C3)C2)C(C)(C)CC. The summed E-state index contributed by atoms with van der Waals surface area (Å²) in [4.78, 5) is 0. The summed E-state index contributed by atoms with van der Waals surface area (Å²) in [6.07, 6.45) is 6.81. The second-order valence-electron chi connectivity index (χ2n) is 7.94. The highest BCUT2D eigenvalue weighted by molar-refractivity contribution is 5.08. The maximum atomic E-state index is 10.6. The van der Waals surface area contributed by atoms with E-state index >= 15 is 0 Å². The highest BCUT2D eigenvalue weighted by Gasteiger charge is 2.56. The van der Waals surface area contributed by atoms with Gasteiger partial charge in [0, 0.05) is 5.41 Å². The van der Waals surface area contributed by atoms with E-state index in [1.54, 1.807) is 0 Å². The molecule has 0 spiro atoms. The van der Waals surface area contributed by atoms with Crippen molar-refractivity contribution in [2.24, 2.45) is 23.2 Å². The van der Waals surface area contributed by atoms with E-state index in [2.05, 4.69) is 27.4 Å². The minimum absolute atomic E-state index is 0.0611.